The lowest BCUT2D eigenvalue weighted by molar-refractivity contribution is 0.300. The fourth-order valence-electron chi connectivity index (χ4n) is 2.77. The first-order valence-electron chi connectivity index (χ1n) is 6.79. The molecule has 18 heavy (non-hydrogen) atoms. The Bertz CT molecular complexity index is 447. The van der Waals surface area contributed by atoms with Crippen molar-refractivity contribution in [3.63, 3.8) is 0 Å². The molecule has 0 bridgehead atoms. The normalized spacial score (nSPS) is 23.7. The maximum absolute atomic E-state index is 9.14. The Labute approximate surface area is 109 Å². The van der Waals surface area contributed by atoms with Gasteiger partial charge < -0.3 is 5.32 Å². The molecule has 1 aliphatic rings. The second-order valence-corrected chi connectivity index (χ2v) is 5.55. The van der Waals surface area contributed by atoms with Crippen LogP contribution in [0.5, 0.6) is 0 Å². The van der Waals surface area contributed by atoms with Gasteiger partial charge in [0, 0.05) is 13.6 Å². The van der Waals surface area contributed by atoms with Crippen LogP contribution in [0.15, 0.2) is 0 Å². The molecule has 1 N–H and O–H groups in total. The van der Waals surface area contributed by atoms with Gasteiger partial charge in [0.1, 0.15) is 17.5 Å². The Morgan fingerprint density at radius 2 is 2.06 bits per heavy atom. The highest BCUT2D eigenvalue weighted by Crippen LogP contribution is 2.28. The fraction of sp³-hybridized carbons (Fsp3) is 0.714. The first kappa shape index (κ1) is 12.9. The van der Waals surface area contributed by atoms with Gasteiger partial charge in [-0.25, -0.2) is 0 Å². The van der Waals surface area contributed by atoms with Crippen LogP contribution < -0.4 is 5.32 Å². The molecule has 0 amide bonds. The lowest BCUT2D eigenvalue weighted by Crippen LogP contribution is -2.21. The average molecular weight is 246 g/mol. The van der Waals surface area contributed by atoms with Gasteiger partial charge in [-0.3, -0.25) is 4.68 Å². The molecular formula is C14H22N4. The molecule has 1 aromatic heterocycles. The second kappa shape index (κ2) is 5.43. The number of anilines is 1. The Morgan fingerprint density at radius 1 is 1.39 bits per heavy atom. The van der Waals surface area contributed by atoms with Gasteiger partial charge in [0.15, 0.2) is 0 Å². The van der Waals surface area contributed by atoms with Gasteiger partial charge in [0.25, 0.3) is 0 Å². The van der Waals surface area contributed by atoms with Crippen molar-refractivity contribution in [1.82, 2.24) is 9.78 Å². The molecule has 1 aliphatic carbocycles. The molecule has 2 rings (SSSR count). The molecule has 4 heteroatoms. The van der Waals surface area contributed by atoms with Gasteiger partial charge in [-0.05, 0) is 31.6 Å². The molecular weight excluding hydrogens is 224 g/mol. The summed E-state index contributed by atoms with van der Waals surface area (Å²) in [5.41, 5.74) is 1.49. The second-order valence-electron chi connectivity index (χ2n) is 5.55. The van der Waals surface area contributed by atoms with E-state index in [2.05, 4.69) is 23.4 Å². The smallest absolute Gasteiger partial charge is 0.142 e. The first-order valence-corrected chi connectivity index (χ1v) is 6.79. The van der Waals surface area contributed by atoms with Gasteiger partial charge >= 0.3 is 0 Å². The van der Waals surface area contributed by atoms with E-state index in [-0.39, 0.29) is 0 Å². The molecule has 0 aliphatic heterocycles. The van der Waals surface area contributed by atoms with Crippen molar-refractivity contribution in [3.05, 3.63) is 11.3 Å². The average Bonchev–Trinajstić information content (AvgIpc) is 2.62. The summed E-state index contributed by atoms with van der Waals surface area (Å²) < 4.78 is 1.78. The molecule has 1 heterocycles. The van der Waals surface area contributed by atoms with Crippen LogP contribution in [0.3, 0.4) is 0 Å². The van der Waals surface area contributed by atoms with E-state index >= 15 is 0 Å². The maximum atomic E-state index is 9.14. The van der Waals surface area contributed by atoms with Crippen molar-refractivity contribution in [2.45, 2.75) is 39.5 Å². The van der Waals surface area contributed by atoms with Crippen molar-refractivity contribution in [2.75, 3.05) is 11.9 Å². The number of aromatic nitrogens is 2. The molecule has 0 unspecified atom stereocenters. The number of hydrogen-bond acceptors (Lipinski definition) is 3. The van der Waals surface area contributed by atoms with Crippen molar-refractivity contribution >= 4 is 5.82 Å². The van der Waals surface area contributed by atoms with E-state index < -0.39 is 0 Å². The van der Waals surface area contributed by atoms with Gasteiger partial charge in [-0.15, -0.1) is 0 Å². The number of rotatable bonds is 3. The SMILES string of the molecule is Cc1nn(C)c(NCC2CCC(C)CC2)c1C#N. The van der Waals surface area contributed by atoms with Crippen molar-refractivity contribution in [1.29, 1.82) is 5.26 Å². The van der Waals surface area contributed by atoms with E-state index in [1.54, 1.807) is 4.68 Å². The zero-order valence-electron chi connectivity index (χ0n) is 11.5. The van der Waals surface area contributed by atoms with Crippen LogP contribution >= 0.6 is 0 Å². The molecule has 1 saturated carbocycles. The van der Waals surface area contributed by atoms with Crippen molar-refractivity contribution in [2.24, 2.45) is 18.9 Å². The zero-order valence-corrected chi connectivity index (χ0v) is 11.5. The molecule has 0 atom stereocenters. The topological polar surface area (TPSA) is 53.6 Å². The Hall–Kier alpha value is -1.50. The summed E-state index contributed by atoms with van der Waals surface area (Å²) in [7, 11) is 1.89. The highest BCUT2D eigenvalue weighted by atomic mass is 15.3. The maximum Gasteiger partial charge on any atom is 0.142 e. The van der Waals surface area contributed by atoms with Gasteiger partial charge in [-0.2, -0.15) is 10.4 Å². The standard InChI is InChI=1S/C14H22N4/c1-10-4-6-12(7-5-10)9-16-14-13(8-15)11(2)17-18(14)3/h10,12,16H,4-7,9H2,1-3H3. The predicted octanol–water partition coefficient (Wildman–Crippen LogP) is 2.84. The van der Waals surface area contributed by atoms with Crippen molar-refractivity contribution < 1.29 is 0 Å². The van der Waals surface area contributed by atoms with E-state index in [1.165, 1.54) is 25.7 Å². The van der Waals surface area contributed by atoms with E-state index in [0.29, 0.717) is 5.56 Å². The molecule has 98 valence electrons. The largest absolute Gasteiger partial charge is 0.369 e. The Kier molecular flexibility index (Phi) is 3.90. The summed E-state index contributed by atoms with van der Waals surface area (Å²) in [5.74, 6) is 2.49. The van der Waals surface area contributed by atoms with E-state index in [4.69, 9.17) is 5.26 Å². The summed E-state index contributed by atoms with van der Waals surface area (Å²) in [6, 6.07) is 2.23. The van der Waals surface area contributed by atoms with Gasteiger partial charge in [0.2, 0.25) is 0 Å². The Balaban J connectivity index is 1.96. The Morgan fingerprint density at radius 3 is 2.67 bits per heavy atom. The van der Waals surface area contributed by atoms with Crippen LogP contribution in [0.1, 0.15) is 43.9 Å². The zero-order chi connectivity index (χ0) is 13.1. The highest BCUT2D eigenvalue weighted by molar-refractivity contribution is 5.54. The monoisotopic (exact) mass is 246 g/mol. The lowest BCUT2D eigenvalue weighted by Gasteiger charge is -2.26. The molecule has 1 fully saturated rings. The summed E-state index contributed by atoms with van der Waals surface area (Å²) >= 11 is 0. The number of aryl methyl sites for hydroxylation is 2. The number of hydrogen-bond donors (Lipinski definition) is 1. The molecule has 1 aromatic rings. The van der Waals surface area contributed by atoms with Crippen molar-refractivity contribution in [3.8, 4) is 6.07 Å². The van der Waals surface area contributed by atoms with E-state index in [1.807, 2.05) is 14.0 Å². The minimum absolute atomic E-state index is 0.682. The summed E-state index contributed by atoms with van der Waals surface area (Å²) in [6.45, 7) is 5.17. The number of nitriles is 1. The summed E-state index contributed by atoms with van der Waals surface area (Å²) in [6.07, 6.45) is 5.27. The van der Waals surface area contributed by atoms with Crippen LogP contribution in [-0.4, -0.2) is 16.3 Å². The fourth-order valence-corrected chi connectivity index (χ4v) is 2.77. The van der Waals surface area contributed by atoms with Crippen LogP contribution in [0.4, 0.5) is 5.82 Å². The minimum atomic E-state index is 0.682. The number of nitrogens with one attached hydrogen (secondary N) is 1. The quantitative estimate of drug-likeness (QED) is 0.892. The molecule has 0 saturated heterocycles. The highest BCUT2D eigenvalue weighted by Gasteiger charge is 2.19. The molecule has 4 nitrogen and oxygen atoms in total. The van der Waals surface area contributed by atoms with Crippen LogP contribution in [0, 0.1) is 30.1 Å². The lowest BCUT2D eigenvalue weighted by atomic mass is 9.83. The van der Waals surface area contributed by atoms with Gasteiger partial charge in [-0.1, -0.05) is 19.8 Å². The summed E-state index contributed by atoms with van der Waals surface area (Å²) in [5, 5.41) is 16.8. The van der Waals surface area contributed by atoms with Crippen LogP contribution in [-0.2, 0) is 7.05 Å². The molecule has 0 aromatic carbocycles. The number of nitrogens with zero attached hydrogens (tertiary/aromatic N) is 3. The molecule has 0 spiro atoms. The third-order valence-electron chi connectivity index (χ3n) is 4.03. The minimum Gasteiger partial charge on any atom is -0.369 e. The van der Waals surface area contributed by atoms with Gasteiger partial charge in [0.05, 0.1) is 5.69 Å². The van der Waals surface area contributed by atoms with E-state index in [0.717, 1.165) is 29.9 Å². The summed E-state index contributed by atoms with van der Waals surface area (Å²) in [4.78, 5) is 0. The molecule has 0 radical (unpaired) electrons. The van der Waals surface area contributed by atoms with Crippen LogP contribution in [0.2, 0.25) is 0 Å². The first-order chi connectivity index (χ1) is 8.61. The van der Waals surface area contributed by atoms with Crippen LogP contribution in [0.25, 0.3) is 0 Å². The third-order valence-corrected chi connectivity index (χ3v) is 4.03. The third kappa shape index (κ3) is 2.66. The predicted molar refractivity (Wildman–Crippen MR) is 72.3 cm³/mol. The van der Waals surface area contributed by atoms with E-state index in [9.17, 15) is 0 Å².